The molecule has 1 heterocycles. The van der Waals surface area contributed by atoms with Gasteiger partial charge in [-0.2, -0.15) is 5.10 Å². The minimum absolute atomic E-state index is 0.374. The van der Waals surface area contributed by atoms with Crippen molar-refractivity contribution < 1.29 is 0 Å². The number of aryl methyl sites for hydroxylation is 2. The number of rotatable bonds is 6. The maximum Gasteiger partial charge on any atom is 0.161 e. The van der Waals surface area contributed by atoms with E-state index in [9.17, 15) is 0 Å². The van der Waals surface area contributed by atoms with Gasteiger partial charge in [0.25, 0.3) is 0 Å². The summed E-state index contributed by atoms with van der Waals surface area (Å²) < 4.78 is 1.97. The van der Waals surface area contributed by atoms with Crippen LogP contribution in [0.2, 0.25) is 0 Å². The maximum absolute atomic E-state index is 5.23. The zero-order valence-corrected chi connectivity index (χ0v) is 23.7. The highest BCUT2D eigenvalue weighted by Gasteiger charge is 2.17. The number of hydrogen-bond donors (Lipinski definition) is 0. The van der Waals surface area contributed by atoms with Gasteiger partial charge in [0.2, 0.25) is 0 Å². The van der Waals surface area contributed by atoms with Crippen molar-refractivity contribution >= 4 is 34.3 Å². The molecule has 39 heavy (non-hydrogen) atoms. The number of fused-ring (bicyclic) bond motifs is 1. The fraction of sp³-hybridized carbons (Fsp3) is 0.229. The number of aromatic nitrogens is 2. The first-order valence-electron chi connectivity index (χ1n) is 13.7. The average molecular weight is 513 g/mol. The SMILES string of the molecule is Cc1cccc(C)c1/N=C(/c1ccccc1)n1nc(/C=N/c2c(C(C)C)cccc2C(C)C)c2ccccc21. The van der Waals surface area contributed by atoms with Gasteiger partial charge in [0, 0.05) is 10.9 Å². The molecule has 0 radical (unpaired) electrons. The fourth-order valence-electron chi connectivity index (χ4n) is 5.04. The molecule has 0 aliphatic heterocycles. The van der Waals surface area contributed by atoms with Crippen LogP contribution >= 0.6 is 0 Å². The smallest absolute Gasteiger partial charge is 0.161 e. The molecular formula is C35H36N4. The maximum atomic E-state index is 5.23. The van der Waals surface area contributed by atoms with Crippen molar-refractivity contribution in [3.8, 4) is 0 Å². The number of benzene rings is 4. The zero-order chi connectivity index (χ0) is 27.5. The lowest BCUT2D eigenvalue weighted by Gasteiger charge is -2.16. The minimum atomic E-state index is 0.374. The van der Waals surface area contributed by atoms with Crippen molar-refractivity contribution in [3.05, 3.63) is 125 Å². The van der Waals surface area contributed by atoms with E-state index in [-0.39, 0.29) is 0 Å². The van der Waals surface area contributed by atoms with E-state index in [2.05, 4.69) is 108 Å². The number of aliphatic imine (C=N–C) groups is 2. The highest BCUT2D eigenvalue weighted by molar-refractivity contribution is 6.08. The molecule has 0 spiro atoms. The highest BCUT2D eigenvalue weighted by atomic mass is 15.3. The molecule has 0 N–H and O–H groups in total. The normalized spacial score (nSPS) is 12.4. The van der Waals surface area contributed by atoms with Gasteiger partial charge in [0.1, 0.15) is 5.69 Å². The molecule has 0 aliphatic rings. The van der Waals surface area contributed by atoms with Crippen LogP contribution in [0, 0.1) is 13.8 Å². The second-order valence-corrected chi connectivity index (χ2v) is 10.7. The van der Waals surface area contributed by atoms with Gasteiger partial charge in [0.15, 0.2) is 5.84 Å². The van der Waals surface area contributed by atoms with Gasteiger partial charge in [-0.3, -0.25) is 4.99 Å². The molecule has 4 heteroatoms. The summed E-state index contributed by atoms with van der Waals surface area (Å²) in [6.45, 7) is 13.1. The molecule has 0 saturated carbocycles. The van der Waals surface area contributed by atoms with Crippen molar-refractivity contribution in [1.29, 1.82) is 0 Å². The Hall–Kier alpha value is -4.31. The third-order valence-corrected chi connectivity index (χ3v) is 7.16. The van der Waals surface area contributed by atoms with Gasteiger partial charge in [0.05, 0.1) is 23.1 Å². The van der Waals surface area contributed by atoms with E-state index in [1.54, 1.807) is 0 Å². The molecule has 4 nitrogen and oxygen atoms in total. The third-order valence-electron chi connectivity index (χ3n) is 7.16. The lowest BCUT2D eigenvalue weighted by Crippen LogP contribution is -2.15. The number of hydrogen-bond acceptors (Lipinski definition) is 3. The van der Waals surface area contributed by atoms with Crippen molar-refractivity contribution in [2.45, 2.75) is 53.4 Å². The van der Waals surface area contributed by atoms with Crippen molar-refractivity contribution in [2.24, 2.45) is 9.98 Å². The lowest BCUT2D eigenvalue weighted by atomic mass is 9.93. The van der Waals surface area contributed by atoms with Crippen molar-refractivity contribution in [3.63, 3.8) is 0 Å². The minimum Gasteiger partial charge on any atom is -0.254 e. The molecule has 196 valence electrons. The predicted octanol–water partition coefficient (Wildman–Crippen LogP) is 9.28. The summed E-state index contributed by atoms with van der Waals surface area (Å²) in [5.74, 6) is 1.54. The van der Waals surface area contributed by atoms with E-state index in [1.807, 2.05) is 35.2 Å². The number of nitrogens with zero attached hydrogens (tertiary/aromatic N) is 4. The third kappa shape index (κ3) is 5.33. The Bertz CT molecular complexity index is 1620. The molecule has 4 aromatic carbocycles. The molecular weight excluding hydrogens is 476 g/mol. The summed E-state index contributed by atoms with van der Waals surface area (Å²) >= 11 is 0. The molecule has 5 rings (SSSR count). The molecule has 0 atom stereocenters. The Labute approximate surface area is 231 Å². The van der Waals surface area contributed by atoms with E-state index < -0.39 is 0 Å². The predicted molar refractivity (Wildman–Crippen MR) is 166 cm³/mol. The van der Waals surface area contributed by atoms with E-state index in [1.165, 1.54) is 11.1 Å². The van der Waals surface area contributed by atoms with Gasteiger partial charge in [-0.05, 0) is 54.0 Å². The fourth-order valence-corrected chi connectivity index (χ4v) is 5.04. The van der Waals surface area contributed by atoms with Crippen LogP contribution < -0.4 is 0 Å². The van der Waals surface area contributed by atoms with Crippen LogP contribution in [0.15, 0.2) is 101 Å². The first kappa shape index (κ1) is 26.3. The van der Waals surface area contributed by atoms with Crippen molar-refractivity contribution in [2.75, 3.05) is 0 Å². The summed E-state index contributed by atoms with van der Waals surface area (Å²) in [6.07, 6.45) is 1.92. The molecule has 1 aromatic heterocycles. The van der Waals surface area contributed by atoms with E-state index in [4.69, 9.17) is 15.1 Å². The quantitative estimate of drug-likeness (QED) is 0.165. The molecule has 5 aromatic rings. The van der Waals surface area contributed by atoms with Crippen LogP contribution in [-0.2, 0) is 0 Å². The van der Waals surface area contributed by atoms with E-state index in [0.717, 1.165) is 50.5 Å². The van der Waals surface area contributed by atoms with Crippen LogP contribution in [0.4, 0.5) is 11.4 Å². The largest absolute Gasteiger partial charge is 0.254 e. The second-order valence-electron chi connectivity index (χ2n) is 10.7. The summed E-state index contributed by atoms with van der Waals surface area (Å²) in [7, 11) is 0. The zero-order valence-electron chi connectivity index (χ0n) is 23.7. The van der Waals surface area contributed by atoms with Gasteiger partial charge >= 0.3 is 0 Å². The van der Waals surface area contributed by atoms with Gasteiger partial charge in [-0.1, -0.05) is 113 Å². The monoisotopic (exact) mass is 512 g/mol. The van der Waals surface area contributed by atoms with E-state index in [0.29, 0.717) is 11.8 Å². The van der Waals surface area contributed by atoms with Gasteiger partial charge < -0.3 is 0 Å². The molecule has 0 unspecified atom stereocenters. The van der Waals surface area contributed by atoms with Crippen LogP contribution in [0.5, 0.6) is 0 Å². The van der Waals surface area contributed by atoms with E-state index >= 15 is 0 Å². The standard InChI is InChI=1S/C35H36N4/c1-23(2)28-19-13-20-29(24(3)4)34(28)36-22-31-30-18-10-11-21-32(30)39(38-31)35(27-16-8-7-9-17-27)37-33-25(5)14-12-15-26(33)6/h7-24H,1-6H3/b36-22+,37-35-. The second kappa shape index (κ2) is 11.2. The lowest BCUT2D eigenvalue weighted by molar-refractivity contribution is 0.835. The molecule has 0 aliphatic carbocycles. The average Bonchev–Trinajstić information content (AvgIpc) is 3.30. The molecule has 0 amide bonds. The molecule has 0 fully saturated rings. The van der Waals surface area contributed by atoms with Crippen LogP contribution in [0.3, 0.4) is 0 Å². The summed E-state index contributed by atoms with van der Waals surface area (Å²) in [5, 5.41) is 6.16. The summed E-state index contributed by atoms with van der Waals surface area (Å²) in [5.41, 5.74) is 9.61. The van der Waals surface area contributed by atoms with Crippen LogP contribution in [0.1, 0.15) is 73.0 Å². The van der Waals surface area contributed by atoms with Gasteiger partial charge in [-0.15, -0.1) is 0 Å². The summed E-state index contributed by atoms with van der Waals surface area (Å²) in [4.78, 5) is 10.3. The Balaban J connectivity index is 1.72. The Morgan fingerprint density at radius 1 is 0.692 bits per heavy atom. The first-order valence-corrected chi connectivity index (χ1v) is 13.7. The molecule has 0 bridgehead atoms. The highest BCUT2D eigenvalue weighted by Crippen LogP contribution is 2.35. The Morgan fingerprint density at radius 3 is 1.92 bits per heavy atom. The molecule has 0 saturated heterocycles. The van der Waals surface area contributed by atoms with Gasteiger partial charge in [-0.25, -0.2) is 9.67 Å². The topological polar surface area (TPSA) is 42.5 Å². The van der Waals surface area contributed by atoms with Crippen LogP contribution in [0.25, 0.3) is 10.9 Å². The Morgan fingerprint density at radius 2 is 1.28 bits per heavy atom. The van der Waals surface area contributed by atoms with Crippen LogP contribution in [-0.4, -0.2) is 21.8 Å². The first-order chi connectivity index (χ1) is 18.8. The Kier molecular flexibility index (Phi) is 7.56. The number of para-hydroxylation sites is 3. The summed E-state index contributed by atoms with van der Waals surface area (Å²) in [6, 6.07) is 31.4. The van der Waals surface area contributed by atoms with Crippen molar-refractivity contribution in [1.82, 2.24) is 9.78 Å².